The molecule has 1 aliphatic carbocycles. The fraction of sp³-hybridized carbons (Fsp3) is 0.462. The Labute approximate surface area is 114 Å². The third kappa shape index (κ3) is 2.11. The monoisotopic (exact) mass is 275 g/mol. The molecular formula is C13H14FN5O. The number of nitrogens with zero attached hydrogens (tertiary/aromatic N) is 5. The second kappa shape index (κ2) is 5.11. The molecule has 7 heteroatoms. The standard InChI is InChI=1S/C13H14FN5O/c14-9-3-1-4-10-8(9)7-19(17-10)12-6-2-5-11(13(12)20)16-18-15/h1,3-4,7,11-13,20H,2,5-6H2/t11-,12+,13+/m1/s1. The van der Waals surface area contributed by atoms with E-state index in [-0.39, 0.29) is 11.9 Å². The van der Waals surface area contributed by atoms with Gasteiger partial charge in [-0.25, -0.2) is 4.39 Å². The number of azide groups is 1. The van der Waals surface area contributed by atoms with Gasteiger partial charge in [-0.3, -0.25) is 4.68 Å². The van der Waals surface area contributed by atoms with Crippen molar-refractivity contribution < 1.29 is 9.50 Å². The summed E-state index contributed by atoms with van der Waals surface area (Å²) >= 11 is 0. The summed E-state index contributed by atoms with van der Waals surface area (Å²) in [5.41, 5.74) is 9.08. The lowest BCUT2D eigenvalue weighted by molar-refractivity contribution is 0.0520. The van der Waals surface area contributed by atoms with Crippen molar-refractivity contribution in [3.8, 4) is 0 Å². The predicted molar refractivity (Wildman–Crippen MR) is 71.5 cm³/mol. The van der Waals surface area contributed by atoms with Crippen LogP contribution in [0.3, 0.4) is 0 Å². The Morgan fingerprint density at radius 2 is 2.30 bits per heavy atom. The van der Waals surface area contributed by atoms with Crippen molar-refractivity contribution in [3.63, 3.8) is 0 Å². The molecule has 1 saturated carbocycles. The zero-order chi connectivity index (χ0) is 14.1. The molecule has 0 spiro atoms. The SMILES string of the molecule is [N-]=[N+]=N[C@@H]1CCC[C@H](n2cc3c(F)cccc3n2)[C@H]1O. The summed E-state index contributed by atoms with van der Waals surface area (Å²) in [6, 6.07) is 3.99. The van der Waals surface area contributed by atoms with Crippen molar-refractivity contribution in [2.75, 3.05) is 0 Å². The minimum atomic E-state index is -0.794. The van der Waals surface area contributed by atoms with Gasteiger partial charge in [0.15, 0.2) is 0 Å². The van der Waals surface area contributed by atoms with Crippen LogP contribution in [0.5, 0.6) is 0 Å². The van der Waals surface area contributed by atoms with Crippen LogP contribution in [0.2, 0.25) is 0 Å². The first-order valence-corrected chi connectivity index (χ1v) is 6.56. The maximum absolute atomic E-state index is 13.7. The molecule has 1 N–H and O–H groups in total. The summed E-state index contributed by atoms with van der Waals surface area (Å²) in [5.74, 6) is -0.328. The fourth-order valence-electron chi connectivity index (χ4n) is 2.81. The lowest BCUT2D eigenvalue weighted by Crippen LogP contribution is -2.37. The van der Waals surface area contributed by atoms with Crippen molar-refractivity contribution in [3.05, 3.63) is 40.7 Å². The average Bonchev–Trinajstić information content (AvgIpc) is 2.87. The molecule has 3 atom stereocenters. The Kier molecular flexibility index (Phi) is 3.30. The number of aromatic nitrogens is 2. The molecule has 6 nitrogen and oxygen atoms in total. The van der Waals surface area contributed by atoms with Crippen molar-refractivity contribution in [1.82, 2.24) is 9.78 Å². The van der Waals surface area contributed by atoms with Crippen molar-refractivity contribution >= 4 is 10.9 Å². The molecule has 1 fully saturated rings. The highest BCUT2D eigenvalue weighted by molar-refractivity contribution is 5.78. The Morgan fingerprint density at radius 3 is 3.05 bits per heavy atom. The molecule has 1 aromatic heterocycles. The van der Waals surface area contributed by atoms with E-state index in [1.54, 1.807) is 23.0 Å². The Hall–Kier alpha value is -2.11. The van der Waals surface area contributed by atoms with Gasteiger partial charge in [-0.05, 0) is 30.5 Å². The molecule has 20 heavy (non-hydrogen) atoms. The van der Waals surface area contributed by atoms with Crippen LogP contribution in [0.4, 0.5) is 4.39 Å². The number of hydrogen-bond donors (Lipinski definition) is 1. The van der Waals surface area contributed by atoms with Crippen LogP contribution in [0.25, 0.3) is 21.3 Å². The highest BCUT2D eigenvalue weighted by Gasteiger charge is 2.33. The average molecular weight is 275 g/mol. The van der Waals surface area contributed by atoms with Crippen LogP contribution in [-0.2, 0) is 0 Å². The van der Waals surface area contributed by atoms with E-state index in [2.05, 4.69) is 15.1 Å². The van der Waals surface area contributed by atoms with Gasteiger partial charge in [0.05, 0.1) is 29.1 Å². The molecular weight excluding hydrogens is 261 g/mol. The van der Waals surface area contributed by atoms with Gasteiger partial charge in [0.2, 0.25) is 0 Å². The van der Waals surface area contributed by atoms with E-state index in [1.807, 2.05) is 0 Å². The van der Waals surface area contributed by atoms with E-state index in [9.17, 15) is 9.50 Å². The summed E-state index contributed by atoms with van der Waals surface area (Å²) in [7, 11) is 0. The molecule has 0 radical (unpaired) electrons. The highest BCUT2D eigenvalue weighted by Crippen LogP contribution is 2.31. The van der Waals surface area contributed by atoms with Gasteiger partial charge in [-0.15, -0.1) is 0 Å². The van der Waals surface area contributed by atoms with Gasteiger partial charge in [0.1, 0.15) is 5.82 Å². The van der Waals surface area contributed by atoms with E-state index in [0.29, 0.717) is 17.3 Å². The van der Waals surface area contributed by atoms with Gasteiger partial charge < -0.3 is 5.11 Å². The number of fused-ring (bicyclic) bond motifs is 1. The van der Waals surface area contributed by atoms with Crippen LogP contribution in [0.15, 0.2) is 29.5 Å². The highest BCUT2D eigenvalue weighted by atomic mass is 19.1. The summed E-state index contributed by atoms with van der Waals surface area (Å²) in [6.45, 7) is 0. The van der Waals surface area contributed by atoms with Crippen LogP contribution in [-0.4, -0.2) is 27.0 Å². The molecule has 0 bridgehead atoms. The largest absolute Gasteiger partial charge is 0.390 e. The maximum atomic E-state index is 13.7. The quantitative estimate of drug-likeness (QED) is 0.519. The van der Waals surface area contributed by atoms with Gasteiger partial charge >= 0.3 is 0 Å². The normalized spacial score (nSPS) is 26.4. The number of hydrogen-bond acceptors (Lipinski definition) is 3. The summed E-state index contributed by atoms with van der Waals surface area (Å²) < 4.78 is 15.3. The molecule has 0 saturated heterocycles. The minimum Gasteiger partial charge on any atom is -0.390 e. The second-order valence-corrected chi connectivity index (χ2v) is 5.04. The minimum absolute atomic E-state index is 0.286. The maximum Gasteiger partial charge on any atom is 0.134 e. The molecule has 104 valence electrons. The first-order chi connectivity index (χ1) is 9.70. The third-order valence-electron chi connectivity index (χ3n) is 3.84. The number of halogens is 1. The summed E-state index contributed by atoms with van der Waals surface area (Å²) in [5, 5.41) is 18.7. The first-order valence-electron chi connectivity index (χ1n) is 6.56. The van der Waals surface area contributed by atoms with Gasteiger partial charge in [0, 0.05) is 11.1 Å². The van der Waals surface area contributed by atoms with Crippen LogP contribution in [0, 0.1) is 5.82 Å². The van der Waals surface area contributed by atoms with E-state index >= 15 is 0 Å². The van der Waals surface area contributed by atoms with Crippen molar-refractivity contribution in [2.45, 2.75) is 37.5 Å². The molecule has 3 rings (SSSR count). The second-order valence-electron chi connectivity index (χ2n) is 5.04. The zero-order valence-corrected chi connectivity index (χ0v) is 10.7. The smallest absolute Gasteiger partial charge is 0.134 e. The number of benzene rings is 1. The lowest BCUT2D eigenvalue weighted by Gasteiger charge is -2.32. The molecule has 0 aliphatic heterocycles. The fourth-order valence-corrected chi connectivity index (χ4v) is 2.81. The molecule has 1 aliphatic rings. The predicted octanol–water partition coefficient (Wildman–Crippen LogP) is 2.94. The van der Waals surface area contributed by atoms with E-state index in [4.69, 9.17) is 5.53 Å². The summed E-state index contributed by atoms with van der Waals surface area (Å²) in [6.07, 6.45) is 3.05. The van der Waals surface area contributed by atoms with Crippen LogP contribution < -0.4 is 0 Å². The summed E-state index contributed by atoms with van der Waals surface area (Å²) in [4.78, 5) is 2.77. The Bertz CT molecular complexity index is 678. The molecule has 1 heterocycles. The number of aliphatic hydroxyl groups excluding tert-OH is 1. The van der Waals surface area contributed by atoms with E-state index in [0.717, 1.165) is 12.8 Å². The molecule has 0 unspecified atom stereocenters. The Morgan fingerprint density at radius 1 is 1.45 bits per heavy atom. The molecule has 1 aromatic carbocycles. The molecule has 0 amide bonds. The van der Waals surface area contributed by atoms with Gasteiger partial charge in [-0.2, -0.15) is 5.10 Å². The van der Waals surface area contributed by atoms with Crippen molar-refractivity contribution in [1.29, 1.82) is 0 Å². The van der Waals surface area contributed by atoms with E-state index in [1.165, 1.54) is 6.07 Å². The lowest BCUT2D eigenvalue weighted by atomic mass is 9.89. The van der Waals surface area contributed by atoms with E-state index < -0.39 is 12.1 Å². The van der Waals surface area contributed by atoms with Crippen molar-refractivity contribution in [2.24, 2.45) is 5.11 Å². The molecule has 2 aromatic rings. The van der Waals surface area contributed by atoms with Gasteiger partial charge in [-0.1, -0.05) is 17.6 Å². The Balaban J connectivity index is 1.97. The van der Waals surface area contributed by atoms with Crippen LogP contribution >= 0.6 is 0 Å². The topological polar surface area (TPSA) is 86.8 Å². The first kappa shape index (κ1) is 12.9. The zero-order valence-electron chi connectivity index (χ0n) is 10.7. The van der Waals surface area contributed by atoms with Crippen LogP contribution in [0.1, 0.15) is 25.3 Å². The third-order valence-corrected chi connectivity index (χ3v) is 3.84. The van der Waals surface area contributed by atoms with Gasteiger partial charge in [0.25, 0.3) is 0 Å². The number of rotatable bonds is 2. The number of aliphatic hydroxyl groups is 1.